The number of ketones is 1. The molecule has 0 aliphatic rings. The molecule has 3 aromatic rings. The van der Waals surface area contributed by atoms with E-state index in [4.69, 9.17) is 5.73 Å². The summed E-state index contributed by atoms with van der Waals surface area (Å²) in [6, 6.07) is 18.6. The molecular weight excluding hydrogens is 400 g/mol. The lowest BCUT2D eigenvalue weighted by Crippen LogP contribution is -2.30. The Balaban J connectivity index is 1.77. The van der Waals surface area contributed by atoms with Gasteiger partial charge in [-0.1, -0.05) is 44.2 Å². The van der Waals surface area contributed by atoms with Crippen molar-refractivity contribution in [1.82, 2.24) is 9.29 Å². The number of pyridine rings is 1. The number of hydrogen-bond acceptors (Lipinski definition) is 6. The number of sulfonamides is 1. The lowest BCUT2D eigenvalue weighted by molar-refractivity contribution is 0.103. The summed E-state index contributed by atoms with van der Waals surface area (Å²) in [6.45, 7) is 4.44. The lowest BCUT2D eigenvalue weighted by atomic mass is 10.0. The molecule has 156 valence electrons. The van der Waals surface area contributed by atoms with Crippen LogP contribution in [0.25, 0.3) is 0 Å². The van der Waals surface area contributed by atoms with E-state index in [9.17, 15) is 13.2 Å². The van der Waals surface area contributed by atoms with Crippen LogP contribution in [0.3, 0.4) is 0 Å². The zero-order chi connectivity index (χ0) is 21.7. The van der Waals surface area contributed by atoms with E-state index < -0.39 is 10.0 Å². The third-order valence-electron chi connectivity index (χ3n) is 4.68. The van der Waals surface area contributed by atoms with Crippen molar-refractivity contribution < 1.29 is 13.2 Å². The van der Waals surface area contributed by atoms with Crippen molar-refractivity contribution in [3.05, 3.63) is 77.9 Å². The minimum Gasteiger partial charge on any atom is -0.383 e. The van der Waals surface area contributed by atoms with Gasteiger partial charge in [-0.05, 0) is 36.4 Å². The first kappa shape index (κ1) is 21.5. The number of nitrogens with one attached hydrogen (secondary N) is 1. The van der Waals surface area contributed by atoms with Crippen LogP contribution in [0.5, 0.6) is 0 Å². The van der Waals surface area contributed by atoms with Crippen LogP contribution in [-0.4, -0.2) is 36.6 Å². The van der Waals surface area contributed by atoms with Crippen molar-refractivity contribution in [1.29, 1.82) is 0 Å². The maximum atomic E-state index is 12.6. The standard InChI is InChI=1S/C22H24N4O3S/c1-3-26(4-2)30(28,29)18-12-10-17(11-13-18)24-20-15-14-19(22(23)25-20)21(27)16-8-6-5-7-9-16/h5-15H,3-4H2,1-2H3,(H3,23,24,25). The number of carbonyl (C=O) groups is 1. The SMILES string of the molecule is CCN(CC)S(=O)(=O)c1ccc(Nc2ccc(C(=O)c3ccccc3)c(N)n2)cc1. The molecule has 2 aromatic carbocycles. The molecule has 1 heterocycles. The van der Waals surface area contributed by atoms with Crippen molar-refractivity contribution in [2.75, 3.05) is 24.1 Å². The maximum absolute atomic E-state index is 12.6. The molecule has 0 fully saturated rings. The highest BCUT2D eigenvalue weighted by Gasteiger charge is 2.21. The van der Waals surface area contributed by atoms with E-state index in [1.165, 1.54) is 4.31 Å². The summed E-state index contributed by atoms with van der Waals surface area (Å²) in [5.74, 6) is 0.379. The Hall–Kier alpha value is -3.23. The van der Waals surface area contributed by atoms with Gasteiger partial charge in [-0.2, -0.15) is 4.31 Å². The molecule has 0 aliphatic heterocycles. The average Bonchev–Trinajstić information content (AvgIpc) is 2.75. The molecule has 0 atom stereocenters. The molecule has 0 bridgehead atoms. The summed E-state index contributed by atoms with van der Waals surface area (Å²) in [5.41, 5.74) is 7.52. The number of aromatic nitrogens is 1. The summed E-state index contributed by atoms with van der Waals surface area (Å²) >= 11 is 0. The third-order valence-corrected chi connectivity index (χ3v) is 6.74. The van der Waals surface area contributed by atoms with Gasteiger partial charge in [-0.25, -0.2) is 13.4 Å². The third kappa shape index (κ3) is 4.50. The van der Waals surface area contributed by atoms with Crippen LogP contribution in [0.15, 0.2) is 71.6 Å². The minimum absolute atomic E-state index is 0.120. The Kier molecular flexibility index (Phi) is 6.49. The fraction of sp³-hybridized carbons (Fsp3) is 0.182. The molecule has 0 saturated carbocycles. The first-order valence-corrected chi connectivity index (χ1v) is 11.0. The monoisotopic (exact) mass is 424 g/mol. The second-order valence-electron chi connectivity index (χ2n) is 6.56. The fourth-order valence-electron chi connectivity index (χ4n) is 3.05. The second kappa shape index (κ2) is 9.06. The van der Waals surface area contributed by atoms with Gasteiger partial charge in [0.05, 0.1) is 10.5 Å². The van der Waals surface area contributed by atoms with Crippen LogP contribution in [0, 0.1) is 0 Å². The number of rotatable bonds is 8. The van der Waals surface area contributed by atoms with E-state index in [1.54, 1.807) is 74.5 Å². The predicted molar refractivity (Wildman–Crippen MR) is 118 cm³/mol. The van der Waals surface area contributed by atoms with Gasteiger partial charge in [-0.15, -0.1) is 0 Å². The van der Waals surface area contributed by atoms with E-state index in [2.05, 4.69) is 10.3 Å². The summed E-state index contributed by atoms with van der Waals surface area (Å²) < 4.78 is 26.5. The number of nitrogens with zero attached hydrogens (tertiary/aromatic N) is 2. The molecule has 3 rings (SSSR count). The highest BCUT2D eigenvalue weighted by molar-refractivity contribution is 7.89. The van der Waals surface area contributed by atoms with E-state index in [1.807, 2.05) is 6.07 Å². The Morgan fingerprint density at radius 1 is 0.967 bits per heavy atom. The van der Waals surface area contributed by atoms with Gasteiger partial charge in [0, 0.05) is 24.3 Å². The molecule has 3 N–H and O–H groups in total. The van der Waals surface area contributed by atoms with Gasteiger partial charge in [0.15, 0.2) is 5.78 Å². The number of carbonyl (C=O) groups excluding carboxylic acids is 1. The number of hydrogen-bond donors (Lipinski definition) is 2. The number of nitrogens with two attached hydrogens (primary N) is 1. The average molecular weight is 425 g/mol. The molecule has 0 aliphatic carbocycles. The van der Waals surface area contributed by atoms with E-state index in [-0.39, 0.29) is 16.5 Å². The molecule has 30 heavy (non-hydrogen) atoms. The normalized spacial score (nSPS) is 11.4. The van der Waals surface area contributed by atoms with Crippen molar-refractivity contribution in [3.8, 4) is 0 Å². The highest BCUT2D eigenvalue weighted by Crippen LogP contribution is 2.23. The van der Waals surface area contributed by atoms with Gasteiger partial charge in [0.2, 0.25) is 10.0 Å². The van der Waals surface area contributed by atoms with Crippen LogP contribution in [0.4, 0.5) is 17.3 Å². The number of nitrogen functional groups attached to an aromatic ring is 1. The fourth-order valence-corrected chi connectivity index (χ4v) is 4.51. The molecule has 0 saturated heterocycles. The minimum atomic E-state index is -3.51. The first-order chi connectivity index (χ1) is 14.4. The largest absolute Gasteiger partial charge is 0.383 e. The van der Waals surface area contributed by atoms with Crippen molar-refractivity contribution in [2.45, 2.75) is 18.7 Å². The van der Waals surface area contributed by atoms with Gasteiger partial charge in [0.25, 0.3) is 0 Å². The summed E-state index contributed by atoms with van der Waals surface area (Å²) in [4.78, 5) is 17.1. The summed E-state index contributed by atoms with van der Waals surface area (Å²) in [5, 5.41) is 3.08. The van der Waals surface area contributed by atoms with Crippen molar-refractivity contribution in [3.63, 3.8) is 0 Å². The molecule has 0 amide bonds. The molecule has 1 aromatic heterocycles. The van der Waals surface area contributed by atoms with E-state index >= 15 is 0 Å². The zero-order valence-corrected chi connectivity index (χ0v) is 17.7. The van der Waals surface area contributed by atoms with Gasteiger partial charge < -0.3 is 11.1 Å². The van der Waals surface area contributed by atoms with Crippen LogP contribution in [-0.2, 0) is 10.0 Å². The quantitative estimate of drug-likeness (QED) is 0.535. The molecule has 0 radical (unpaired) electrons. The van der Waals surface area contributed by atoms with E-state index in [0.717, 1.165) is 0 Å². The highest BCUT2D eigenvalue weighted by atomic mass is 32.2. The summed E-state index contributed by atoms with van der Waals surface area (Å²) in [6.07, 6.45) is 0. The Labute approximate surface area is 176 Å². The van der Waals surface area contributed by atoms with Gasteiger partial charge >= 0.3 is 0 Å². The van der Waals surface area contributed by atoms with Crippen LogP contribution in [0.1, 0.15) is 29.8 Å². The Bertz CT molecular complexity index is 1130. The predicted octanol–water partition coefficient (Wildman–Crippen LogP) is 3.67. The zero-order valence-electron chi connectivity index (χ0n) is 16.9. The Morgan fingerprint density at radius 3 is 2.17 bits per heavy atom. The number of benzene rings is 2. The number of anilines is 3. The lowest BCUT2D eigenvalue weighted by Gasteiger charge is -2.18. The van der Waals surface area contributed by atoms with Crippen LogP contribution >= 0.6 is 0 Å². The molecule has 0 unspecified atom stereocenters. The maximum Gasteiger partial charge on any atom is 0.243 e. The molecular formula is C22H24N4O3S. The van der Waals surface area contributed by atoms with Crippen molar-refractivity contribution in [2.24, 2.45) is 0 Å². The molecule has 0 spiro atoms. The van der Waals surface area contributed by atoms with E-state index in [0.29, 0.717) is 35.7 Å². The van der Waals surface area contributed by atoms with Crippen LogP contribution < -0.4 is 11.1 Å². The topological polar surface area (TPSA) is 105 Å². The van der Waals surface area contributed by atoms with Gasteiger partial charge in [0.1, 0.15) is 11.6 Å². The Morgan fingerprint density at radius 2 is 1.60 bits per heavy atom. The van der Waals surface area contributed by atoms with Crippen LogP contribution in [0.2, 0.25) is 0 Å². The molecule has 7 nitrogen and oxygen atoms in total. The second-order valence-corrected chi connectivity index (χ2v) is 8.50. The smallest absolute Gasteiger partial charge is 0.243 e. The van der Waals surface area contributed by atoms with Crippen molar-refractivity contribution >= 4 is 33.1 Å². The van der Waals surface area contributed by atoms with Gasteiger partial charge in [-0.3, -0.25) is 4.79 Å². The molecule has 8 heteroatoms. The summed E-state index contributed by atoms with van der Waals surface area (Å²) in [7, 11) is -3.51. The first-order valence-electron chi connectivity index (χ1n) is 9.60.